The summed E-state index contributed by atoms with van der Waals surface area (Å²) in [6.45, 7) is 8.15. The summed E-state index contributed by atoms with van der Waals surface area (Å²) in [4.78, 5) is 25.5. The molecule has 7 heteroatoms. The van der Waals surface area contributed by atoms with Gasteiger partial charge < -0.3 is 24.9 Å². The number of carbonyl (C=O) groups excluding carboxylic acids is 1. The number of amides is 2. The number of piperazine rings is 2. The minimum absolute atomic E-state index is 0.0288. The Bertz CT molecular complexity index is 550. The number of rotatable bonds is 3. The number of nitrogens with one attached hydrogen (secondary N) is 1. The van der Waals surface area contributed by atoms with Crippen LogP contribution in [0.2, 0.25) is 0 Å². The molecule has 2 amide bonds. The lowest BCUT2D eigenvalue weighted by Gasteiger charge is -2.33. The molecule has 0 saturated carbocycles. The van der Waals surface area contributed by atoms with Gasteiger partial charge in [-0.2, -0.15) is 0 Å². The van der Waals surface area contributed by atoms with E-state index in [1.807, 2.05) is 17.2 Å². The lowest BCUT2D eigenvalue weighted by molar-refractivity contribution is 0.154. The van der Waals surface area contributed by atoms with Crippen LogP contribution in [0, 0.1) is 0 Å². The quantitative estimate of drug-likeness (QED) is 0.862. The van der Waals surface area contributed by atoms with Gasteiger partial charge >= 0.3 is 6.03 Å². The monoisotopic (exact) mass is 332 g/mol. The molecule has 2 fully saturated rings. The second kappa shape index (κ2) is 7.81. The molecule has 3 heterocycles. The van der Waals surface area contributed by atoms with E-state index in [2.05, 4.69) is 45.2 Å². The third kappa shape index (κ3) is 4.36. The molecule has 1 aromatic rings. The molecule has 7 nitrogen and oxygen atoms in total. The molecular weight excluding hydrogens is 304 g/mol. The topological polar surface area (TPSA) is 55.0 Å². The van der Waals surface area contributed by atoms with E-state index in [9.17, 15) is 4.79 Å². The molecule has 0 spiro atoms. The van der Waals surface area contributed by atoms with E-state index in [0.29, 0.717) is 6.54 Å². The number of hydrogen-bond acceptors (Lipinski definition) is 5. The number of likely N-dealkylation sites (N-methyl/N-ethyl adjacent to an activating group) is 2. The maximum Gasteiger partial charge on any atom is 0.317 e. The van der Waals surface area contributed by atoms with Crippen molar-refractivity contribution >= 4 is 11.8 Å². The summed E-state index contributed by atoms with van der Waals surface area (Å²) in [6.07, 6.45) is 1.84. The first-order valence-corrected chi connectivity index (χ1v) is 8.71. The van der Waals surface area contributed by atoms with Crippen molar-refractivity contribution < 1.29 is 4.79 Å². The molecule has 3 rings (SSSR count). The van der Waals surface area contributed by atoms with Crippen LogP contribution in [-0.2, 0) is 6.54 Å². The Morgan fingerprint density at radius 2 is 1.67 bits per heavy atom. The van der Waals surface area contributed by atoms with E-state index in [-0.39, 0.29) is 6.03 Å². The Labute approximate surface area is 144 Å². The molecule has 2 aliphatic rings. The van der Waals surface area contributed by atoms with Gasteiger partial charge in [-0.15, -0.1) is 0 Å². The molecule has 2 aliphatic heterocycles. The molecule has 2 saturated heterocycles. The Hall–Kier alpha value is -1.86. The molecule has 0 unspecified atom stereocenters. The minimum atomic E-state index is 0.0288. The number of aromatic nitrogens is 1. The van der Waals surface area contributed by atoms with Crippen molar-refractivity contribution in [1.82, 2.24) is 25.0 Å². The van der Waals surface area contributed by atoms with Crippen molar-refractivity contribution in [3.8, 4) is 0 Å². The van der Waals surface area contributed by atoms with Gasteiger partial charge in [0, 0.05) is 65.1 Å². The zero-order valence-corrected chi connectivity index (χ0v) is 14.7. The third-order valence-corrected chi connectivity index (χ3v) is 4.87. The van der Waals surface area contributed by atoms with Crippen molar-refractivity contribution in [3.63, 3.8) is 0 Å². The minimum Gasteiger partial charge on any atom is -0.354 e. The molecular formula is C17H28N6O. The number of nitrogens with zero attached hydrogens (tertiary/aromatic N) is 5. The van der Waals surface area contributed by atoms with Crippen molar-refractivity contribution in [2.75, 3.05) is 71.4 Å². The van der Waals surface area contributed by atoms with Crippen LogP contribution < -0.4 is 10.2 Å². The summed E-state index contributed by atoms with van der Waals surface area (Å²) < 4.78 is 0. The van der Waals surface area contributed by atoms with Crippen LogP contribution in [0.5, 0.6) is 0 Å². The van der Waals surface area contributed by atoms with Gasteiger partial charge in [0.15, 0.2) is 0 Å². The van der Waals surface area contributed by atoms with Gasteiger partial charge in [-0.25, -0.2) is 9.78 Å². The van der Waals surface area contributed by atoms with Gasteiger partial charge in [-0.05, 0) is 31.8 Å². The zero-order chi connectivity index (χ0) is 16.9. The zero-order valence-electron chi connectivity index (χ0n) is 14.7. The van der Waals surface area contributed by atoms with Crippen LogP contribution in [0.25, 0.3) is 0 Å². The standard InChI is InChI=1S/C17H28N6O/c1-20-5-9-22(10-6-20)16-13-15(3-4-18-16)14-19-17(24)23-11-7-21(2)8-12-23/h3-4,13H,5-12,14H2,1-2H3,(H,19,24). The lowest BCUT2D eigenvalue weighted by Crippen LogP contribution is -2.50. The smallest absolute Gasteiger partial charge is 0.317 e. The van der Waals surface area contributed by atoms with Gasteiger partial charge in [0.1, 0.15) is 5.82 Å². The van der Waals surface area contributed by atoms with E-state index < -0.39 is 0 Å². The lowest BCUT2D eigenvalue weighted by atomic mass is 10.2. The Balaban J connectivity index is 1.52. The van der Waals surface area contributed by atoms with Gasteiger partial charge in [0.2, 0.25) is 0 Å². The second-order valence-electron chi connectivity index (χ2n) is 6.76. The number of urea groups is 1. The predicted molar refractivity (Wildman–Crippen MR) is 95.3 cm³/mol. The number of anilines is 1. The predicted octanol–water partition coefficient (Wildman–Crippen LogP) is 0.290. The van der Waals surface area contributed by atoms with Crippen LogP contribution >= 0.6 is 0 Å². The summed E-state index contributed by atoms with van der Waals surface area (Å²) in [6, 6.07) is 4.10. The first-order chi connectivity index (χ1) is 11.6. The Kier molecular flexibility index (Phi) is 5.52. The van der Waals surface area contributed by atoms with Gasteiger partial charge in [-0.3, -0.25) is 0 Å². The third-order valence-electron chi connectivity index (χ3n) is 4.87. The van der Waals surface area contributed by atoms with Gasteiger partial charge in [0.25, 0.3) is 0 Å². The normalized spacial score (nSPS) is 20.2. The van der Waals surface area contributed by atoms with Crippen molar-refractivity contribution in [3.05, 3.63) is 23.9 Å². The molecule has 24 heavy (non-hydrogen) atoms. The van der Waals surface area contributed by atoms with Crippen LogP contribution in [0.15, 0.2) is 18.3 Å². The van der Waals surface area contributed by atoms with E-state index in [1.165, 1.54) is 0 Å². The summed E-state index contributed by atoms with van der Waals surface area (Å²) in [5.41, 5.74) is 1.10. The number of pyridine rings is 1. The van der Waals surface area contributed by atoms with Crippen LogP contribution in [0.3, 0.4) is 0 Å². The van der Waals surface area contributed by atoms with Crippen molar-refractivity contribution in [2.45, 2.75) is 6.54 Å². The van der Waals surface area contributed by atoms with Crippen LogP contribution in [0.4, 0.5) is 10.6 Å². The molecule has 132 valence electrons. The highest BCUT2D eigenvalue weighted by Gasteiger charge is 2.19. The first-order valence-electron chi connectivity index (χ1n) is 8.71. The second-order valence-corrected chi connectivity index (χ2v) is 6.76. The summed E-state index contributed by atoms with van der Waals surface area (Å²) >= 11 is 0. The maximum atomic E-state index is 12.3. The van der Waals surface area contributed by atoms with E-state index in [4.69, 9.17) is 0 Å². The van der Waals surface area contributed by atoms with Crippen molar-refractivity contribution in [1.29, 1.82) is 0 Å². The average Bonchev–Trinajstić information content (AvgIpc) is 2.61. The van der Waals surface area contributed by atoms with Gasteiger partial charge in [0.05, 0.1) is 0 Å². The summed E-state index contributed by atoms with van der Waals surface area (Å²) in [5.74, 6) is 1.01. The van der Waals surface area contributed by atoms with E-state index in [1.54, 1.807) is 0 Å². The van der Waals surface area contributed by atoms with E-state index in [0.717, 1.165) is 63.7 Å². The van der Waals surface area contributed by atoms with Crippen LogP contribution in [0.1, 0.15) is 5.56 Å². The first kappa shape index (κ1) is 17.0. The summed E-state index contributed by atoms with van der Waals surface area (Å²) in [5, 5.41) is 3.03. The van der Waals surface area contributed by atoms with E-state index >= 15 is 0 Å². The molecule has 1 aromatic heterocycles. The maximum absolute atomic E-state index is 12.3. The SMILES string of the molecule is CN1CCN(C(=O)NCc2ccnc(N3CCN(C)CC3)c2)CC1. The highest BCUT2D eigenvalue weighted by molar-refractivity contribution is 5.74. The fourth-order valence-electron chi connectivity index (χ4n) is 3.08. The highest BCUT2D eigenvalue weighted by atomic mass is 16.2. The van der Waals surface area contributed by atoms with Crippen LogP contribution in [-0.4, -0.2) is 92.2 Å². The molecule has 0 atom stereocenters. The average molecular weight is 332 g/mol. The highest BCUT2D eigenvalue weighted by Crippen LogP contribution is 2.14. The fraction of sp³-hybridized carbons (Fsp3) is 0.647. The summed E-state index contributed by atoms with van der Waals surface area (Å²) in [7, 11) is 4.24. The molecule has 0 aromatic carbocycles. The fourth-order valence-corrected chi connectivity index (χ4v) is 3.08. The number of carbonyl (C=O) groups is 1. The molecule has 0 radical (unpaired) electrons. The molecule has 0 bridgehead atoms. The number of hydrogen-bond donors (Lipinski definition) is 1. The van der Waals surface area contributed by atoms with Crippen molar-refractivity contribution in [2.24, 2.45) is 0 Å². The Morgan fingerprint density at radius 1 is 1.04 bits per heavy atom. The molecule has 1 N–H and O–H groups in total. The Morgan fingerprint density at radius 3 is 2.33 bits per heavy atom. The molecule has 0 aliphatic carbocycles. The largest absolute Gasteiger partial charge is 0.354 e. The van der Waals surface area contributed by atoms with Gasteiger partial charge in [-0.1, -0.05) is 0 Å².